The molecule has 0 atom stereocenters. The van der Waals surface area contributed by atoms with E-state index in [1.165, 1.54) is 22.4 Å². The highest BCUT2D eigenvalue weighted by Crippen LogP contribution is 2.33. The molecule has 1 aromatic rings. The lowest BCUT2D eigenvalue weighted by atomic mass is 9.90. The van der Waals surface area contributed by atoms with Gasteiger partial charge in [0.1, 0.15) is 0 Å². The minimum Gasteiger partial charge on any atom is -0.388 e. The lowest BCUT2D eigenvalue weighted by Gasteiger charge is -2.20. The molecule has 0 aliphatic heterocycles. The third-order valence-corrected chi connectivity index (χ3v) is 2.84. The Labute approximate surface area is 93.9 Å². The van der Waals surface area contributed by atoms with E-state index in [1.54, 1.807) is 0 Å². The maximum atomic E-state index is 3.35. The Morgan fingerprint density at radius 1 is 0.933 bits per heavy atom. The molecule has 0 aliphatic carbocycles. The van der Waals surface area contributed by atoms with Crippen molar-refractivity contribution in [1.82, 2.24) is 0 Å². The highest BCUT2D eigenvalue weighted by Gasteiger charge is 2.13. The molecule has 1 nitrogen and oxygen atoms in total. The van der Waals surface area contributed by atoms with E-state index in [2.05, 4.69) is 52.1 Å². The summed E-state index contributed by atoms with van der Waals surface area (Å²) in [5.41, 5.74) is 5.55. The van der Waals surface area contributed by atoms with Crippen molar-refractivity contribution in [3.05, 3.63) is 28.8 Å². The van der Waals surface area contributed by atoms with Crippen LogP contribution in [0.25, 0.3) is 0 Å². The normalized spacial score (nSPS) is 11.2. The monoisotopic (exact) mass is 205 g/mol. The van der Waals surface area contributed by atoms with E-state index in [0.29, 0.717) is 11.8 Å². The summed E-state index contributed by atoms with van der Waals surface area (Å²) in [5, 5.41) is 3.35. The van der Waals surface area contributed by atoms with E-state index in [0.717, 1.165) is 0 Å². The Kier molecular flexibility index (Phi) is 3.78. The summed E-state index contributed by atoms with van der Waals surface area (Å²) in [6, 6.07) is 4.59. The van der Waals surface area contributed by atoms with Crippen molar-refractivity contribution in [2.24, 2.45) is 0 Å². The standard InChI is InChI=1S/C14H23N/c1-9(2)12-7-11(5)8-13(10(3)4)14(12)15-6/h7-10,15H,1-6H3. The maximum Gasteiger partial charge on any atom is 0.0408 e. The van der Waals surface area contributed by atoms with Gasteiger partial charge in [0.15, 0.2) is 0 Å². The number of hydrogen-bond acceptors (Lipinski definition) is 1. The first-order valence-electron chi connectivity index (χ1n) is 5.79. The molecule has 0 heterocycles. The lowest BCUT2D eigenvalue weighted by molar-refractivity contribution is 0.834. The number of anilines is 1. The third-order valence-electron chi connectivity index (χ3n) is 2.84. The summed E-state index contributed by atoms with van der Waals surface area (Å²) in [6.07, 6.45) is 0. The molecule has 0 unspecified atom stereocenters. The van der Waals surface area contributed by atoms with Gasteiger partial charge in [0.05, 0.1) is 0 Å². The summed E-state index contributed by atoms with van der Waals surface area (Å²) in [5.74, 6) is 1.15. The second-order valence-electron chi connectivity index (χ2n) is 4.88. The summed E-state index contributed by atoms with van der Waals surface area (Å²) >= 11 is 0. The van der Waals surface area contributed by atoms with E-state index in [-0.39, 0.29) is 0 Å². The summed E-state index contributed by atoms with van der Waals surface area (Å²) in [7, 11) is 2.02. The molecular weight excluding hydrogens is 182 g/mol. The van der Waals surface area contributed by atoms with Crippen molar-refractivity contribution in [3.63, 3.8) is 0 Å². The molecule has 1 heteroatoms. The SMILES string of the molecule is CNc1c(C(C)C)cc(C)cc1C(C)C. The molecule has 0 aromatic heterocycles. The van der Waals surface area contributed by atoms with Gasteiger partial charge in [-0.3, -0.25) is 0 Å². The Morgan fingerprint density at radius 3 is 1.60 bits per heavy atom. The molecule has 1 N–H and O–H groups in total. The van der Waals surface area contributed by atoms with Crippen molar-refractivity contribution in [1.29, 1.82) is 0 Å². The zero-order chi connectivity index (χ0) is 11.6. The van der Waals surface area contributed by atoms with Crippen LogP contribution in [0.15, 0.2) is 12.1 Å². The minimum absolute atomic E-state index is 0.574. The van der Waals surface area contributed by atoms with Gasteiger partial charge >= 0.3 is 0 Å². The molecule has 0 radical (unpaired) electrons. The molecular formula is C14H23N. The fraction of sp³-hybridized carbons (Fsp3) is 0.571. The smallest absolute Gasteiger partial charge is 0.0408 e. The molecule has 0 aliphatic rings. The minimum atomic E-state index is 0.574. The fourth-order valence-electron chi connectivity index (χ4n) is 2.04. The van der Waals surface area contributed by atoms with E-state index < -0.39 is 0 Å². The van der Waals surface area contributed by atoms with Crippen LogP contribution in [0.1, 0.15) is 56.2 Å². The number of rotatable bonds is 3. The fourth-order valence-corrected chi connectivity index (χ4v) is 2.04. The second-order valence-corrected chi connectivity index (χ2v) is 4.88. The number of hydrogen-bond donors (Lipinski definition) is 1. The Balaban J connectivity index is 3.38. The first kappa shape index (κ1) is 12.1. The average Bonchev–Trinajstić information content (AvgIpc) is 2.16. The van der Waals surface area contributed by atoms with Crippen molar-refractivity contribution >= 4 is 5.69 Å². The zero-order valence-electron chi connectivity index (χ0n) is 10.8. The molecule has 0 saturated carbocycles. The van der Waals surface area contributed by atoms with Crippen molar-refractivity contribution < 1.29 is 0 Å². The number of aryl methyl sites for hydroxylation is 1. The van der Waals surface area contributed by atoms with E-state index in [9.17, 15) is 0 Å². The van der Waals surface area contributed by atoms with Crippen LogP contribution in [-0.4, -0.2) is 7.05 Å². The van der Waals surface area contributed by atoms with Gasteiger partial charge in [-0.05, 0) is 29.9 Å². The van der Waals surface area contributed by atoms with Crippen LogP contribution in [0, 0.1) is 6.92 Å². The second kappa shape index (κ2) is 4.69. The lowest BCUT2D eigenvalue weighted by Crippen LogP contribution is -2.04. The van der Waals surface area contributed by atoms with Gasteiger partial charge in [-0.25, -0.2) is 0 Å². The quantitative estimate of drug-likeness (QED) is 0.776. The van der Waals surface area contributed by atoms with Crippen LogP contribution in [0.5, 0.6) is 0 Å². The zero-order valence-corrected chi connectivity index (χ0v) is 10.8. The molecule has 15 heavy (non-hydrogen) atoms. The van der Waals surface area contributed by atoms with Crippen LogP contribution in [0.2, 0.25) is 0 Å². The Morgan fingerprint density at radius 2 is 1.33 bits per heavy atom. The van der Waals surface area contributed by atoms with E-state index >= 15 is 0 Å². The molecule has 84 valence electrons. The summed E-state index contributed by atoms with van der Waals surface area (Å²) in [4.78, 5) is 0. The first-order chi connectivity index (χ1) is 6.97. The van der Waals surface area contributed by atoms with Gasteiger partial charge in [-0.15, -0.1) is 0 Å². The average molecular weight is 205 g/mol. The topological polar surface area (TPSA) is 12.0 Å². The Bertz CT molecular complexity index is 308. The Hall–Kier alpha value is -0.980. The maximum absolute atomic E-state index is 3.35. The van der Waals surface area contributed by atoms with Crippen molar-refractivity contribution in [2.75, 3.05) is 12.4 Å². The van der Waals surface area contributed by atoms with Crippen LogP contribution in [-0.2, 0) is 0 Å². The van der Waals surface area contributed by atoms with Gasteiger partial charge in [-0.1, -0.05) is 45.4 Å². The number of nitrogens with one attached hydrogen (secondary N) is 1. The predicted octanol–water partition coefficient (Wildman–Crippen LogP) is 4.28. The van der Waals surface area contributed by atoms with Crippen LogP contribution in [0.3, 0.4) is 0 Å². The highest BCUT2D eigenvalue weighted by molar-refractivity contribution is 5.61. The van der Waals surface area contributed by atoms with Crippen molar-refractivity contribution in [3.8, 4) is 0 Å². The predicted molar refractivity (Wildman–Crippen MR) is 68.9 cm³/mol. The van der Waals surface area contributed by atoms with Gasteiger partial charge in [0.25, 0.3) is 0 Å². The van der Waals surface area contributed by atoms with Gasteiger partial charge < -0.3 is 5.32 Å². The summed E-state index contributed by atoms with van der Waals surface area (Å²) < 4.78 is 0. The van der Waals surface area contributed by atoms with Crippen molar-refractivity contribution in [2.45, 2.75) is 46.5 Å². The molecule has 1 rings (SSSR count). The molecule has 0 amide bonds. The van der Waals surface area contributed by atoms with Gasteiger partial charge in [0, 0.05) is 12.7 Å². The molecule has 1 aromatic carbocycles. The molecule has 0 fully saturated rings. The largest absolute Gasteiger partial charge is 0.388 e. The summed E-state index contributed by atoms with van der Waals surface area (Å²) in [6.45, 7) is 11.2. The van der Waals surface area contributed by atoms with Crippen LogP contribution >= 0.6 is 0 Å². The number of benzene rings is 1. The molecule has 0 spiro atoms. The highest BCUT2D eigenvalue weighted by atomic mass is 14.8. The van der Waals surface area contributed by atoms with Crippen LogP contribution < -0.4 is 5.32 Å². The third kappa shape index (κ3) is 2.53. The molecule has 0 bridgehead atoms. The van der Waals surface area contributed by atoms with E-state index in [1.807, 2.05) is 7.05 Å². The van der Waals surface area contributed by atoms with Crippen LogP contribution in [0.4, 0.5) is 5.69 Å². The van der Waals surface area contributed by atoms with E-state index in [4.69, 9.17) is 0 Å². The first-order valence-corrected chi connectivity index (χ1v) is 5.79. The van der Waals surface area contributed by atoms with Gasteiger partial charge in [-0.2, -0.15) is 0 Å². The molecule has 0 saturated heterocycles. The van der Waals surface area contributed by atoms with Gasteiger partial charge in [0.2, 0.25) is 0 Å².